The Morgan fingerprint density at radius 1 is 1.31 bits per heavy atom. The van der Waals surface area contributed by atoms with Crippen molar-refractivity contribution in [1.82, 2.24) is 9.21 Å². The van der Waals surface area contributed by atoms with Crippen LogP contribution in [-0.2, 0) is 26.0 Å². The highest BCUT2D eigenvalue weighted by atomic mass is 32.2. The summed E-state index contributed by atoms with van der Waals surface area (Å²) in [4.78, 5) is 25.8. The van der Waals surface area contributed by atoms with Crippen molar-refractivity contribution in [2.75, 3.05) is 25.9 Å². The van der Waals surface area contributed by atoms with Crippen molar-refractivity contribution in [3.63, 3.8) is 0 Å². The highest BCUT2D eigenvalue weighted by Crippen LogP contribution is 2.22. The summed E-state index contributed by atoms with van der Waals surface area (Å²) in [7, 11) is -1.87. The van der Waals surface area contributed by atoms with E-state index in [1.807, 2.05) is 30.3 Å². The number of aliphatic carboxylic acids is 1. The van der Waals surface area contributed by atoms with Gasteiger partial charge in [0.05, 0.1) is 11.7 Å². The fourth-order valence-corrected chi connectivity index (χ4v) is 4.43. The van der Waals surface area contributed by atoms with Crippen LogP contribution < -0.4 is 0 Å². The van der Waals surface area contributed by atoms with Gasteiger partial charge in [0, 0.05) is 26.6 Å². The maximum Gasteiger partial charge on any atom is 0.326 e. The van der Waals surface area contributed by atoms with E-state index in [9.17, 15) is 23.1 Å². The predicted octanol–water partition coefficient (Wildman–Crippen LogP) is 1.20. The quantitative estimate of drug-likeness (QED) is 0.765. The zero-order chi connectivity index (χ0) is 19.3. The molecule has 1 fully saturated rings. The second-order valence-corrected chi connectivity index (χ2v) is 8.85. The number of benzene rings is 1. The molecule has 26 heavy (non-hydrogen) atoms. The minimum Gasteiger partial charge on any atom is -0.480 e. The first-order chi connectivity index (χ1) is 12.3. The van der Waals surface area contributed by atoms with Gasteiger partial charge in [0.15, 0.2) is 0 Å². The average Bonchev–Trinajstić information content (AvgIpc) is 2.65. The Hall–Kier alpha value is -1.93. The van der Waals surface area contributed by atoms with Crippen LogP contribution in [0.5, 0.6) is 0 Å². The average molecular weight is 382 g/mol. The number of carboxylic acids is 1. The molecule has 1 aliphatic rings. The van der Waals surface area contributed by atoms with Crippen LogP contribution in [0.4, 0.5) is 0 Å². The van der Waals surface area contributed by atoms with E-state index in [1.54, 1.807) is 6.92 Å². The van der Waals surface area contributed by atoms with E-state index in [0.29, 0.717) is 19.4 Å². The van der Waals surface area contributed by atoms with Crippen molar-refractivity contribution in [2.24, 2.45) is 5.92 Å². The molecule has 2 unspecified atom stereocenters. The van der Waals surface area contributed by atoms with Gasteiger partial charge in [0.1, 0.15) is 6.04 Å². The molecular weight excluding hydrogens is 356 g/mol. The number of nitrogens with zero attached hydrogens (tertiary/aromatic N) is 2. The van der Waals surface area contributed by atoms with Crippen molar-refractivity contribution in [3.8, 4) is 0 Å². The fourth-order valence-electron chi connectivity index (χ4n) is 3.25. The minimum atomic E-state index is -3.35. The second-order valence-electron chi connectivity index (χ2n) is 6.59. The summed E-state index contributed by atoms with van der Waals surface area (Å²) >= 11 is 0. The highest BCUT2D eigenvalue weighted by molar-refractivity contribution is 7.89. The van der Waals surface area contributed by atoms with Crippen LogP contribution in [0.3, 0.4) is 0 Å². The zero-order valence-corrected chi connectivity index (χ0v) is 16.0. The van der Waals surface area contributed by atoms with Crippen LogP contribution in [0.25, 0.3) is 0 Å². The number of carbonyl (C=O) groups is 2. The van der Waals surface area contributed by atoms with E-state index in [-0.39, 0.29) is 24.6 Å². The lowest BCUT2D eigenvalue weighted by Crippen LogP contribution is -2.50. The molecule has 2 rings (SSSR count). The molecule has 0 spiro atoms. The molecule has 0 aliphatic carbocycles. The first kappa shape index (κ1) is 20.4. The number of amides is 1. The molecule has 1 aliphatic heterocycles. The van der Waals surface area contributed by atoms with E-state index in [1.165, 1.54) is 16.3 Å². The fraction of sp³-hybridized carbons (Fsp3) is 0.556. The Labute approximate surface area is 154 Å². The number of piperidine rings is 1. The first-order valence-electron chi connectivity index (χ1n) is 8.77. The van der Waals surface area contributed by atoms with E-state index in [2.05, 4.69) is 0 Å². The van der Waals surface area contributed by atoms with Crippen molar-refractivity contribution in [1.29, 1.82) is 0 Å². The second kappa shape index (κ2) is 8.64. The molecule has 0 bridgehead atoms. The maximum absolute atomic E-state index is 12.8. The van der Waals surface area contributed by atoms with E-state index >= 15 is 0 Å². The van der Waals surface area contributed by atoms with Gasteiger partial charge in [-0.25, -0.2) is 17.5 Å². The van der Waals surface area contributed by atoms with Gasteiger partial charge in [0.25, 0.3) is 0 Å². The number of carbonyl (C=O) groups excluding carboxylic acids is 1. The largest absolute Gasteiger partial charge is 0.480 e. The summed E-state index contributed by atoms with van der Waals surface area (Å²) in [6.45, 7) is 2.11. The molecule has 1 saturated heterocycles. The first-order valence-corrected chi connectivity index (χ1v) is 10.4. The molecule has 7 nitrogen and oxygen atoms in total. The monoisotopic (exact) mass is 382 g/mol. The number of hydrogen-bond donors (Lipinski definition) is 1. The van der Waals surface area contributed by atoms with Gasteiger partial charge < -0.3 is 10.0 Å². The van der Waals surface area contributed by atoms with E-state index < -0.39 is 28.0 Å². The number of carboxylic acid groups (broad SMARTS) is 1. The summed E-state index contributed by atoms with van der Waals surface area (Å²) in [5, 5.41) is 9.57. The molecule has 0 saturated carbocycles. The lowest BCUT2D eigenvalue weighted by Gasteiger charge is -2.34. The molecule has 1 aromatic rings. The lowest BCUT2D eigenvalue weighted by molar-refractivity contribution is -0.151. The molecule has 1 aromatic carbocycles. The highest BCUT2D eigenvalue weighted by Gasteiger charge is 2.36. The number of hydrogen-bond acceptors (Lipinski definition) is 4. The third kappa shape index (κ3) is 4.82. The van der Waals surface area contributed by atoms with Crippen molar-refractivity contribution >= 4 is 21.9 Å². The lowest BCUT2D eigenvalue weighted by atomic mass is 9.96. The van der Waals surface area contributed by atoms with Crippen LogP contribution in [0.2, 0.25) is 0 Å². The third-order valence-electron chi connectivity index (χ3n) is 4.86. The molecule has 2 atom stereocenters. The molecule has 8 heteroatoms. The Morgan fingerprint density at radius 3 is 2.54 bits per heavy atom. The number of likely N-dealkylation sites (N-methyl/N-ethyl adjacent to an activating group) is 1. The molecule has 1 N–H and O–H groups in total. The number of sulfonamides is 1. The van der Waals surface area contributed by atoms with Crippen molar-refractivity contribution < 1.29 is 23.1 Å². The normalized spacial score (nSPS) is 19.7. The molecule has 0 aromatic heterocycles. The van der Waals surface area contributed by atoms with Crippen LogP contribution in [0.15, 0.2) is 30.3 Å². The summed E-state index contributed by atoms with van der Waals surface area (Å²) in [5.74, 6) is -1.90. The third-order valence-corrected chi connectivity index (χ3v) is 6.71. The Balaban J connectivity index is 2.11. The molecule has 1 heterocycles. The van der Waals surface area contributed by atoms with Crippen molar-refractivity contribution in [3.05, 3.63) is 35.9 Å². The summed E-state index contributed by atoms with van der Waals surface area (Å²) in [5.41, 5.74) is 0.832. The van der Waals surface area contributed by atoms with Gasteiger partial charge >= 0.3 is 5.97 Å². The van der Waals surface area contributed by atoms with Crippen LogP contribution in [0, 0.1) is 5.92 Å². The van der Waals surface area contributed by atoms with Crippen LogP contribution in [0.1, 0.15) is 25.3 Å². The SMILES string of the molecule is CCS(=O)(=O)N1CCCC(C(=O)N(C)C(Cc2ccccc2)C(=O)O)C1. The smallest absolute Gasteiger partial charge is 0.326 e. The van der Waals surface area contributed by atoms with Gasteiger partial charge in [-0.1, -0.05) is 30.3 Å². The zero-order valence-electron chi connectivity index (χ0n) is 15.2. The topological polar surface area (TPSA) is 95.0 Å². The Morgan fingerprint density at radius 2 is 1.96 bits per heavy atom. The Kier molecular flexibility index (Phi) is 6.77. The summed E-state index contributed by atoms with van der Waals surface area (Å²) in [6.07, 6.45) is 1.37. The molecule has 144 valence electrons. The summed E-state index contributed by atoms with van der Waals surface area (Å²) in [6, 6.07) is 8.16. The number of rotatable bonds is 7. The van der Waals surface area contributed by atoms with Crippen LogP contribution in [-0.4, -0.2) is 66.5 Å². The minimum absolute atomic E-state index is 0.00446. The van der Waals surface area contributed by atoms with Gasteiger partial charge in [0.2, 0.25) is 15.9 Å². The molecular formula is C18H26N2O5S. The van der Waals surface area contributed by atoms with Gasteiger partial charge in [-0.15, -0.1) is 0 Å². The molecule has 1 amide bonds. The predicted molar refractivity (Wildman–Crippen MR) is 98.1 cm³/mol. The molecule has 0 radical (unpaired) electrons. The Bertz CT molecular complexity index is 735. The van der Waals surface area contributed by atoms with E-state index in [0.717, 1.165) is 5.56 Å². The maximum atomic E-state index is 12.8. The van der Waals surface area contributed by atoms with Crippen LogP contribution >= 0.6 is 0 Å². The standard InChI is InChI=1S/C18H26N2O5S/c1-3-26(24,25)20-11-7-10-15(13-20)17(21)19(2)16(18(22)23)12-14-8-5-4-6-9-14/h4-6,8-9,15-16H,3,7,10-13H2,1-2H3,(H,22,23). The van der Waals surface area contributed by atoms with Gasteiger partial charge in [-0.3, -0.25) is 4.79 Å². The van der Waals surface area contributed by atoms with Crippen molar-refractivity contribution in [2.45, 2.75) is 32.2 Å². The van der Waals surface area contributed by atoms with Gasteiger partial charge in [-0.05, 0) is 25.3 Å². The summed E-state index contributed by atoms with van der Waals surface area (Å²) < 4.78 is 25.5. The van der Waals surface area contributed by atoms with Gasteiger partial charge in [-0.2, -0.15) is 0 Å². The van der Waals surface area contributed by atoms with E-state index in [4.69, 9.17) is 0 Å².